The molecule has 29 heavy (non-hydrogen) atoms. The van der Waals surface area contributed by atoms with Gasteiger partial charge >= 0.3 is 6.01 Å². The molecule has 0 radical (unpaired) electrons. The van der Waals surface area contributed by atoms with E-state index >= 15 is 0 Å². The monoisotopic (exact) mass is 393 g/mol. The molecule has 3 aromatic rings. The Bertz CT molecular complexity index is 1000. The van der Waals surface area contributed by atoms with Crippen molar-refractivity contribution in [2.75, 3.05) is 30.4 Å². The molecule has 1 fully saturated rings. The first-order valence-corrected chi connectivity index (χ1v) is 9.60. The number of aryl methyl sites for hydroxylation is 1. The van der Waals surface area contributed by atoms with Crippen molar-refractivity contribution >= 4 is 17.7 Å². The summed E-state index contributed by atoms with van der Waals surface area (Å²) in [6.07, 6.45) is 1.68. The van der Waals surface area contributed by atoms with Crippen LogP contribution in [0.5, 0.6) is 5.75 Å². The number of amides is 1. The SMILES string of the molecule is COc1cccc(-c2noc(N3CCCC(C(=O)Nc4cccc(C)n4)C3)n2)c1. The van der Waals surface area contributed by atoms with Gasteiger partial charge in [-0.3, -0.25) is 4.79 Å². The third kappa shape index (κ3) is 4.37. The predicted molar refractivity (Wildman–Crippen MR) is 109 cm³/mol. The Morgan fingerprint density at radius 3 is 2.93 bits per heavy atom. The summed E-state index contributed by atoms with van der Waals surface area (Å²) in [5.41, 5.74) is 1.68. The van der Waals surface area contributed by atoms with Gasteiger partial charge < -0.3 is 19.5 Å². The Kier molecular flexibility index (Phi) is 5.41. The molecule has 2 aromatic heterocycles. The first-order chi connectivity index (χ1) is 14.1. The number of nitrogens with one attached hydrogen (secondary N) is 1. The molecule has 0 aliphatic carbocycles. The molecule has 150 valence electrons. The van der Waals surface area contributed by atoms with Crippen LogP contribution in [-0.2, 0) is 4.79 Å². The van der Waals surface area contributed by atoms with Crippen LogP contribution in [-0.4, -0.2) is 41.2 Å². The number of ether oxygens (including phenoxy) is 1. The number of pyridine rings is 1. The lowest BCUT2D eigenvalue weighted by Crippen LogP contribution is -2.41. The molecule has 0 spiro atoms. The van der Waals surface area contributed by atoms with Crippen molar-refractivity contribution in [3.05, 3.63) is 48.2 Å². The zero-order chi connectivity index (χ0) is 20.2. The average molecular weight is 393 g/mol. The van der Waals surface area contributed by atoms with Gasteiger partial charge in [-0.25, -0.2) is 4.98 Å². The van der Waals surface area contributed by atoms with Crippen LogP contribution in [0.15, 0.2) is 47.0 Å². The quantitative estimate of drug-likeness (QED) is 0.711. The normalized spacial score (nSPS) is 16.5. The van der Waals surface area contributed by atoms with Gasteiger partial charge in [-0.2, -0.15) is 4.98 Å². The molecule has 1 N–H and O–H groups in total. The highest BCUT2D eigenvalue weighted by molar-refractivity contribution is 5.92. The number of methoxy groups -OCH3 is 1. The summed E-state index contributed by atoms with van der Waals surface area (Å²) in [5.74, 6) is 1.59. The van der Waals surface area contributed by atoms with Crippen LogP contribution in [0.4, 0.5) is 11.8 Å². The van der Waals surface area contributed by atoms with Crippen LogP contribution in [0.1, 0.15) is 18.5 Å². The predicted octanol–water partition coefficient (Wildman–Crippen LogP) is 3.30. The lowest BCUT2D eigenvalue weighted by atomic mass is 9.97. The number of hydrogen-bond donors (Lipinski definition) is 1. The number of carbonyl (C=O) groups excluding carboxylic acids is 1. The van der Waals surface area contributed by atoms with E-state index in [2.05, 4.69) is 20.4 Å². The van der Waals surface area contributed by atoms with E-state index < -0.39 is 0 Å². The third-order valence-electron chi connectivity index (χ3n) is 4.95. The number of aromatic nitrogens is 3. The zero-order valence-electron chi connectivity index (χ0n) is 16.5. The number of benzene rings is 1. The summed E-state index contributed by atoms with van der Waals surface area (Å²) in [7, 11) is 1.62. The van der Waals surface area contributed by atoms with Gasteiger partial charge in [0.25, 0.3) is 0 Å². The largest absolute Gasteiger partial charge is 0.497 e. The van der Waals surface area contributed by atoms with Gasteiger partial charge in [0, 0.05) is 24.3 Å². The van der Waals surface area contributed by atoms with E-state index in [-0.39, 0.29) is 11.8 Å². The minimum atomic E-state index is -0.168. The summed E-state index contributed by atoms with van der Waals surface area (Å²) in [4.78, 5) is 23.5. The minimum Gasteiger partial charge on any atom is -0.497 e. The first kappa shape index (κ1) is 18.9. The van der Waals surface area contributed by atoms with E-state index in [0.717, 1.165) is 36.4 Å². The van der Waals surface area contributed by atoms with Gasteiger partial charge in [0.1, 0.15) is 11.6 Å². The maximum Gasteiger partial charge on any atom is 0.324 e. The van der Waals surface area contributed by atoms with E-state index in [0.29, 0.717) is 24.2 Å². The molecular formula is C21H23N5O3. The fraction of sp³-hybridized carbons (Fsp3) is 0.333. The number of anilines is 2. The molecular weight excluding hydrogens is 370 g/mol. The number of rotatable bonds is 5. The van der Waals surface area contributed by atoms with Crippen LogP contribution in [0.3, 0.4) is 0 Å². The van der Waals surface area contributed by atoms with Crippen LogP contribution in [0, 0.1) is 12.8 Å². The molecule has 0 bridgehead atoms. The minimum absolute atomic E-state index is 0.0414. The Morgan fingerprint density at radius 2 is 2.10 bits per heavy atom. The van der Waals surface area contributed by atoms with Crippen molar-refractivity contribution in [3.8, 4) is 17.1 Å². The van der Waals surface area contributed by atoms with Crippen molar-refractivity contribution in [1.82, 2.24) is 15.1 Å². The van der Waals surface area contributed by atoms with Crippen LogP contribution in [0.25, 0.3) is 11.4 Å². The van der Waals surface area contributed by atoms with Gasteiger partial charge in [0.15, 0.2) is 0 Å². The highest BCUT2D eigenvalue weighted by atomic mass is 16.5. The summed E-state index contributed by atoms with van der Waals surface area (Å²) < 4.78 is 10.7. The van der Waals surface area contributed by atoms with Gasteiger partial charge in [0.2, 0.25) is 11.7 Å². The van der Waals surface area contributed by atoms with Gasteiger partial charge in [0.05, 0.1) is 13.0 Å². The molecule has 1 aliphatic heterocycles. The van der Waals surface area contributed by atoms with E-state index in [9.17, 15) is 4.79 Å². The molecule has 8 nitrogen and oxygen atoms in total. The summed E-state index contributed by atoms with van der Waals surface area (Å²) in [6.45, 7) is 3.19. The Morgan fingerprint density at radius 1 is 1.24 bits per heavy atom. The molecule has 0 saturated carbocycles. The summed E-state index contributed by atoms with van der Waals surface area (Å²) in [6, 6.07) is 13.5. The summed E-state index contributed by atoms with van der Waals surface area (Å²) >= 11 is 0. The third-order valence-corrected chi connectivity index (χ3v) is 4.95. The highest BCUT2D eigenvalue weighted by Gasteiger charge is 2.29. The van der Waals surface area contributed by atoms with Crippen molar-refractivity contribution in [3.63, 3.8) is 0 Å². The van der Waals surface area contributed by atoms with Gasteiger partial charge in [-0.15, -0.1) is 0 Å². The summed E-state index contributed by atoms with van der Waals surface area (Å²) in [5, 5.41) is 7.00. The molecule has 1 saturated heterocycles. The topological polar surface area (TPSA) is 93.4 Å². The molecule has 1 aromatic carbocycles. The molecule has 8 heteroatoms. The lowest BCUT2D eigenvalue weighted by molar-refractivity contribution is -0.120. The van der Waals surface area contributed by atoms with E-state index in [1.54, 1.807) is 13.2 Å². The molecule has 3 heterocycles. The van der Waals surface area contributed by atoms with Crippen molar-refractivity contribution in [1.29, 1.82) is 0 Å². The Labute approximate surface area is 168 Å². The zero-order valence-corrected chi connectivity index (χ0v) is 16.5. The average Bonchev–Trinajstić information content (AvgIpc) is 3.24. The maximum atomic E-state index is 12.7. The lowest BCUT2D eigenvalue weighted by Gasteiger charge is -2.30. The van der Waals surface area contributed by atoms with Crippen LogP contribution >= 0.6 is 0 Å². The molecule has 1 aliphatic rings. The standard InChI is InChI=1S/C21H23N5O3/c1-14-6-3-10-18(22-14)23-20(27)16-8-5-11-26(13-16)21-24-19(25-29-21)15-7-4-9-17(12-15)28-2/h3-4,6-7,9-10,12,16H,5,8,11,13H2,1-2H3,(H,22,23,27). The maximum absolute atomic E-state index is 12.7. The number of nitrogens with zero attached hydrogens (tertiary/aromatic N) is 4. The van der Waals surface area contributed by atoms with Gasteiger partial charge in [-0.1, -0.05) is 23.4 Å². The smallest absolute Gasteiger partial charge is 0.324 e. The van der Waals surface area contributed by atoms with E-state index in [1.807, 2.05) is 48.2 Å². The molecule has 1 atom stereocenters. The highest BCUT2D eigenvalue weighted by Crippen LogP contribution is 2.27. The Hall–Kier alpha value is -3.42. The van der Waals surface area contributed by atoms with E-state index in [1.165, 1.54) is 0 Å². The molecule has 1 amide bonds. The van der Waals surface area contributed by atoms with Crippen molar-refractivity contribution in [2.24, 2.45) is 5.92 Å². The fourth-order valence-electron chi connectivity index (χ4n) is 3.43. The van der Waals surface area contributed by atoms with E-state index in [4.69, 9.17) is 9.26 Å². The Balaban J connectivity index is 1.44. The number of carbonyl (C=O) groups is 1. The fourth-order valence-corrected chi connectivity index (χ4v) is 3.43. The first-order valence-electron chi connectivity index (χ1n) is 9.60. The number of piperidine rings is 1. The second-order valence-corrected chi connectivity index (χ2v) is 7.07. The molecule has 1 unspecified atom stereocenters. The number of hydrogen-bond acceptors (Lipinski definition) is 7. The second kappa shape index (κ2) is 8.30. The van der Waals surface area contributed by atoms with Crippen molar-refractivity contribution in [2.45, 2.75) is 19.8 Å². The van der Waals surface area contributed by atoms with Crippen LogP contribution < -0.4 is 15.0 Å². The molecule has 4 rings (SSSR count). The second-order valence-electron chi connectivity index (χ2n) is 7.07. The van der Waals surface area contributed by atoms with Crippen molar-refractivity contribution < 1.29 is 14.1 Å². The van der Waals surface area contributed by atoms with Crippen LogP contribution in [0.2, 0.25) is 0 Å². The van der Waals surface area contributed by atoms with Gasteiger partial charge in [-0.05, 0) is 44.0 Å².